The normalized spacial score (nSPS) is 9.41. The van der Waals surface area contributed by atoms with Gasteiger partial charge >= 0.3 is 0 Å². The van der Waals surface area contributed by atoms with Crippen molar-refractivity contribution >= 4 is 23.2 Å². The van der Waals surface area contributed by atoms with Crippen molar-refractivity contribution in [1.82, 2.24) is 10.6 Å². The Morgan fingerprint density at radius 2 is 2.00 bits per heavy atom. The summed E-state index contributed by atoms with van der Waals surface area (Å²) >= 11 is 5.04. The van der Waals surface area contributed by atoms with Crippen molar-refractivity contribution in [3.05, 3.63) is 48.0 Å². The van der Waals surface area contributed by atoms with E-state index in [1.165, 1.54) is 0 Å². The zero-order chi connectivity index (χ0) is 12.7. The Morgan fingerprint density at radius 1 is 1.35 bits per heavy atom. The number of thiocarbonyl (C=S) groups is 1. The molecule has 17 heavy (non-hydrogen) atoms. The number of carbonyl (C=O) groups is 1. The number of primary amides is 1. The summed E-state index contributed by atoms with van der Waals surface area (Å²) in [5.74, 6) is -0.423. The number of hydrogen-bond acceptors (Lipinski definition) is 2. The maximum absolute atomic E-state index is 10.9. The third kappa shape index (κ3) is 4.65. The lowest BCUT2D eigenvalue weighted by molar-refractivity contribution is 0.100. The average Bonchev–Trinajstić information content (AvgIpc) is 2.34. The van der Waals surface area contributed by atoms with E-state index in [1.54, 1.807) is 18.2 Å². The first-order valence-electron chi connectivity index (χ1n) is 5.15. The van der Waals surface area contributed by atoms with Crippen LogP contribution in [0.1, 0.15) is 15.9 Å². The molecule has 0 fully saturated rings. The molecule has 0 unspecified atom stereocenters. The Balaban J connectivity index is 2.44. The molecule has 0 spiro atoms. The van der Waals surface area contributed by atoms with E-state index in [2.05, 4.69) is 17.2 Å². The highest BCUT2D eigenvalue weighted by molar-refractivity contribution is 7.80. The van der Waals surface area contributed by atoms with Crippen LogP contribution in [0.25, 0.3) is 0 Å². The molecule has 90 valence electrons. The lowest BCUT2D eigenvalue weighted by atomic mass is 10.1. The van der Waals surface area contributed by atoms with Crippen molar-refractivity contribution in [3.63, 3.8) is 0 Å². The summed E-state index contributed by atoms with van der Waals surface area (Å²) in [4.78, 5) is 10.9. The zero-order valence-corrected chi connectivity index (χ0v) is 10.2. The fourth-order valence-corrected chi connectivity index (χ4v) is 1.35. The molecule has 4 N–H and O–H groups in total. The van der Waals surface area contributed by atoms with Crippen LogP contribution >= 0.6 is 12.2 Å². The van der Waals surface area contributed by atoms with Gasteiger partial charge in [0.15, 0.2) is 5.11 Å². The van der Waals surface area contributed by atoms with Crippen molar-refractivity contribution in [3.8, 4) is 0 Å². The predicted octanol–water partition coefficient (Wildman–Crippen LogP) is 0.936. The Bertz CT molecular complexity index is 414. The van der Waals surface area contributed by atoms with Gasteiger partial charge < -0.3 is 16.4 Å². The third-order valence-corrected chi connectivity index (χ3v) is 2.39. The Kier molecular flexibility index (Phi) is 5.16. The van der Waals surface area contributed by atoms with Gasteiger partial charge in [0.05, 0.1) is 0 Å². The highest BCUT2D eigenvalue weighted by atomic mass is 32.1. The van der Waals surface area contributed by atoms with Crippen LogP contribution in [0.15, 0.2) is 36.9 Å². The van der Waals surface area contributed by atoms with E-state index in [0.717, 1.165) is 5.56 Å². The highest BCUT2D eigenvalue weighted by Gasteiger charge is 2.00. The molecule has 1 aromatic rings. The summed E-state index contributed by atoms with van der Waals surface area (Å²) in [5.41, 5.74) is 6.67. The SMILES string of the molecule is C=CCNC(=S)NCc1ccc(C(N)=O)cc1. The van der Waals surface area contributed by atoms with Gasteiger partial charge in [-0.15, -0.1) is 6.58 Å². The third-order valence-electron chi connectivity index (χ3n) is 2.10. The van der Waals surface area contributed by atoms with Gasteiger partial charge in [0, 0.05) is 18.7 Å². The predicted molar refractivity (Wildman–Crippen MR) is 72.6 cm³/mol. The number of nitrogens with two attached hydrogens (primary N) is 1. The quantitative estimate of drug-likeness (QED) is 0.536. The molecule has 4 nitrogen and oxygen atoms in total. The summed E-state index contributed by atoms with van der Waals surface area (Å²) in [7, 11) is 0. The van der Waals surface area contributed by atoms with E-state index in [9.17, 15) is 4.79 Å². The van der Waals surface area contributed by atoms with Crippen molar-refractivity contribution < 1.29 is 4.79 Å². The molecule has 1 amide bonds. The van der Waals surface area contributed by atoms with Crippen LogP contribution in [-0.2, 0) is 6.54 Å². The van der Waals surface area contributed by atoms with Crippen LogP contribution in [0.5, 0.6) is 0 Å². The molecule has 1 aromatic carbocycles. The maximum atomic E-state index is 10.9. The molecular formula is C12H15N3OS. The molecule has 0 saturated heterocycles. The van der Waals surface area contributed by atoms with Crippen LogP contribution in [0, 0.1) is 0 Å². The van der Waals surface area contributed by atoms with Gasteiger partial charge in [-0.05, 0) is 29.9 Å². The van der Waals surface area contributed by atoms with Crippen molar-refractivity contribution in [2.75, 3.05) is 6.54 Å². The maximum Gasteiger partial charge on any atom is 0.248 e. The molecular weight excluding hydrogens is 234 g/mol. The van der Waals surface area contributed by atoms with E-state index < -0.39 is 5.91 Å². The summed E-state index contributed by atoms with van der Waals surface area (Å²) in [6, 6.07) is 7.06. The number of hydrogen-bond donors (Lipinski definition) is 3. The molecule has 0 atom stereocenters. The molecule has 0 aliphatic carbocycles. The van der Waals surface area contributed by atoms with Gasteiger partial charge in [0.1, 0.15) is 0 Å². The van der Waals surface area contributed by atoms with Gasteiger partial charge in [-0.2, -0.15) is 0 Å². The van der Waals surface area contributed by atoms with E-state index in [1.807, 2.05) is 12.1 Å². The van der Waals surface area contributed by atoms with Crippen LogP contribution in [0.3, 0.4) is 0 Å². The van der Waals surface area contributed by atoms with Crippen LogP contribution in [0.4, 0.5) is 0 Å². The van der Waals surface area contributed by atoms with Gasteiger partial charge in [-0.25, -0.2) is 0 Å². The first-order chi connectivity index (χ1) is 8.13. The second-order valence-corrected chi connectivity index (χ2v) is 3.82. The molecule has 0 bridgehead atoms. The Hall–Kier alpha value is -1.88. The van der Waals surface area contributed by atoms with E-state index in [0.29, 0.717) is 23.8 Å². The van der Waals surface area contributed by atoms with Gasteiger partial charge in [0.25, 0.3) is 0 Å². The minimum atomic E-state index is -0.423. The largest absolute Gasteiger partial charge is 0.366 e. The number of benzene rings is 1. The van der Waals surface area contributed by atoms with E-state index in [-0.39, 0.29) is 0 Å². The number of amides is 1. The average molecular weight is 249 g/mol. The fourth-order valence-electron chi connectivity index (χ4n) is 1.20. The van der Waals surface area contributed by atoms with Crippen molar-refractivity contribution in [2.24, 2.45) is 5.73 Å². The van der Waals surface area contributed by atoms with Crippen LogP contribution < -0.4 is 16.4 Å². The summed E-state index contributed by atoms with van der Waals surface area (Å²) in [5, 5.41) is 6.57. The molecule has 0 aliphatic heterocycles. The molecule has 0 radical (unpaired) electrons. The smallest absolute Gasteiger partial charge is 0.248 e. The Labute approximate surface area is 106 Å². The lowest BCUT2D eigenvalue weighted by Gasteiger charge is -2.09. The fraction of sp³-hybridized carbons (Fsp3) is 0.167. The van der Waals surface area contributed by atoms with Crippen LogP contribution in [0.2, 0.25) is 0 Å². The summed E-state index contributed by atoms with van der Waals surface area (Å²) < 4.78 is 0. The van der Waals surface area contributed by atoms with E-state index >= 15 is 0 Å². The van der Waals surface area contributed by atoms with E-state index in [4.69, 9.17) is 18.0 Å². The first-order valence-corrected chi connectivity index (χ1v) is 5.55. The number of rotatable bonds is 5. The second-order valence-electron chi connectivity index (χ2n) is 3.41. The lowest BCUT2D eigenvalue weighted by Crippen LogP contribution is -2.34. The topological polar surface area (TPSA) is 67.2 Å². The molecule has 1 rings (SSSR count). The highest BCUT2D eigenvalue weighted by Crippen LogP contribution is 2.03. The molecule has 0 saturated carbocycles. The van der Waals surface area contributed by atoms with Crippen molar-refractivity contribution in [1.29, 1.82) is 0 Å². The zero-order valence-electron chi connectivity index (χ0n) is 9.40. The monoisotopic (exact) mass is 249 g/mol. The summed E-state index contributed by atoms with van der Waals surface area (Å²) in [6.45, 7) is 4.81. The first kappa shape index (κ1) is 13.2. The molecule has 0 heterocycles. The second kappa shape index (κ2) is 6.65. The molecule has 5 heteroatoms. The van der Waals surface area contributed by atoms with Gasteiger partial charge in [0.2, 0.25) is 5.91 Å². The standard InChI is InChI=1S/C12H15N3OS/c1-2-7-14-12(17)15-8-9-3-5-10(6-4-9)11(13)16/h2-6H,1,7-8H2,(H2,13,16)(H2,14,15,17). The Morgan fingerprint density at radius 3 is 2.53 bits per heavy atom. The summed E-state index contributed by atoms with van der Waals surface area (Å²) in [6.07, 6.45) is 1.73. The molecule has 0 aromatic heterocycles. The minimum Gasteiger partial charge on any atom is -0.366 e. The van der Waals surface area contributed by atoms with Crippen molar-refractivity contribution in [2.45, 2.75) is 6.54 Å². The van der Waals surface area contributed by atoms with Crippen LogP contribution in [-0.4, -0.2) is 17.6 Å². The number of carbonyl (C=O) groups excluding carboxylic acids is 1. The van der Waals surface area contributed by atoms with Gasteiger partial charge in [-0.1, -0.05) is 18.2 Å². The number of nitrogens with one attached hydrogen (secondary N) is 2. The van der Waals surface area contributed by atoms with Gasteiger partial charge in [-0.3, -0.25) is 4.79 Å². The molecule has 0 aliphatic rings. The minimum absolute atomic E-state index is 0.423.